The summed E-state index contributed by atoms with van der Waals surface area (Å²) in [5, 5.41) is 0. The van der Waals surface area contributed by atoms with Crippen LogP contribution in [0, 0.1) is 6.92 Å². The van der Waals surface area contributed by atoms with Crippen molar-refractivity contribution in [2.45, 2.75) is 19.6 Å². The van der Waals surface area contributed by atoms with Gasteiger partial charge in [0.25, 0.3) is 0 Å². The summed E-state index contributed by atoms with van der Waals surface area (Å²) in [5.41, 5.74) is 0. The molecule has 10 heavy (non-hydrogen) atoms. The Morgan fingerprint density at radius 3 is 2.30 bits per heavy atom. The van der Waals surface area contributed by atoms with E-state index >= 15 is 0 Å². The third-order valence-electron chi connectivity index (χ3n) is 0.639. The van der Waals surface area contributed by atoms with Gasteiger partial charge < -0.3 is 4.43 Å². The Morgan fingerprint density at radius 2 is 2.00 bits per heavy atom. The molecule has 0 bridgehead atoms. The zero-order chi connectivity index (χ0) is 8.20. The van der Waals surface area contributed by atoms with Crippen LogP contribution in [0.3, 0.4) is 0 Å². The largest absolute Gasteiger partial charge is 0.517 e. The number of carbonyl (C=O) groups is 1. The van der Waals surface area contributed by atoms with Crippen LogP contribution in [0.4, 0.5) is 0 Å². The Morgan fingerprint density at radius 1 is 1.50 bits per heavy atom. The molecule has 0 N–H and O–H groups in total. The van der Waals surface area contributed by atoms with Crippen molar-refractivity contribution in [2.24, 2.45) is 0 Å². The number of hydrogen-bond acceptors (Lipinski definition) is 2. The van der Waals surface area contributed by atoms with Crippen LogP contribution in [0.5, 0.6) is 0 Å². The van der Waals surface area contributed by atoms with Crippen LogP contribution in [-0.4, -0.2) is 14.3 Å². The molecule has 0 aromatic carbocycles. The van der Waals surface area contributed by atoms with Crippen molar-refractivity contribution in [3.63, 3.8) is 0 Å². The molecule has 0 spiro atoms. The van der Waals surface area contributed by atoms with Crippen LogP contribution in [0.15, 0.2) is 12.2 Å². The van der Waals surface area contributed by atoms with E-state index in [4.69, 9.17) is 11.3 Å². The minimum atomic E-state index is -1.71. The van der Waals surface area contributed by atoms with E-state index in [9.17, 15) is 4.79 Å². The van der Waals surface area contributed by atoms with Crippen LogP contribution in [-0.2, 0) is 9.22 Å². The lowest BCUT2D eigenvalue weighted by Gasteiger charge is -2.15. The zero-order valence-corrected chi connectivity index (χ0v) is 7.55. The van der Waals surface area contributed by atoms with E-state index in [0.717, 1.165) is 0 Å². The van der Waals surface area contributed by atoms with E-state index in [0.29, 0.717) is 0 Å². The molecule has 0 atom stereocenters. The fraction of sp³-hybridized carbons (Fsp3) is 0.429. The second-order valence-corrected chi connectivity index (χ2v) is 7.32. The molecule has 0 aliphatic carbocycles. The van der Waals surface area contributed by atoms with Crippen molar-refractivity contribution < 1.29 is 9.22 Å². The minimum Gasteiger partial charge on any atom is -0.517 e. The van der Waals surface area contributed by atoms with Crippen LogP contribution in [0.25, 0.3) is 0 Å². The molecule has 56 valence electrons. The van der Waals surface area contributed by atoms with Gasteiger partial charge in [-0.1, -0.05) is 6.08 Å². The highest BCUT2D eigenvalue weighted by atomic mass is 28.4. The van der Waals surface area contributed by atoms with Crippen LogP contribution in [0.1, 0.15) is 0 Å². The van der Waals surface area contributed by atoms with Crippen LogP contribution in [0.2, 0.25) is 19.6 Å². The van der Waals surface area contributed by atoms with Gasteiger partial charge in [0.2, 0.25) is 8.32 Å². The quantitative estimate of drug-likeness (QED) is 0.448. The molecule has 0 rings (SSSR count). The second kappa shape index (κ2) is 3.56. The smallest absolute Gasteiger partial charge is 0.317 e. The van der Waals surface area contributed by atoms with Gasteiger partial charge in [0.05, 0.1) is 0 Å². The monoisotopic (exact) mass is 156 g/mol. The predicted octanol–water partition coefficient (Wildman–Crippen LogP) is 1.63. The lowest BCUT2D eigenvalue weighted by Crippen LogP contribution is -2.28. The number of rotatable bonds is 2. The van der Waals surface area contributed by atoms with Crippen LogP contribution >= 0.6 is 0 Å². The normalized spacial score (nSPS) is 12.0. The maximum absolute atomic E-state index is 10.7. The van der Waals surface area contributed by atoms with E-state index in [1.807, 2.05) is 19.6 Å². The molecule has 3 heteroatoms. The van der Waals surface area contributed by atoms with Gasteiger partial charge in [0, 0.05) is 6.08 Å². The highest BCUT2D eigenvalue weighted by Gasteiger charge is 2.17. The van der Waals surface area contributed by atoms with Gasteiger partial charge in [0.1, 0.15) is 0 Å². The summed E-state index contributed by atoms with van der Waals surface area (Å²) in [6, 6.07) is 0. The molecule has 0 aliphatic rings. The summed E-state index contributed by atoms with van der Waals surface area (Å²) in [6.45, 7) is 10.8. The highest BCUT2D eigenvalue weighted by Crippen LogP contribution is 2.02. The van der Waals surface area contributed by atoms with Crippen molar-refractivity contribution in [1.29, 1.82) is 0 Å². The molecule has 0 saturated heterocycles. The molecule has 0 aromatic rings. The Balaban J connectivity index is 3.81. The van der Waals surface area contributed by atoms with Crippen molar-refractivity contribution >= 4 is 14.3 Å². The molecule has 0 saturated carbocycles. The Hall–Kier alpha value is -0.573. The molecule has 0 amide bonds. The Kier molecular flexibility index (Phi) is 3.36. The number of hydrogen-bond donors (Lipinski definition) is 0. The van der Waals surface area contributed by atoms with Gasteiger partial charge in [0.15, 0.2) is 0 Å². The third-order valence-corrected chi connectivity index (χ3v) is 1.45. The Bertz CT molecular complexity index is 144. The van der Waals surface area contributed by atoms with Crippen LogP contribution < -0.4 is 0 Å². The molecular weight excluding hydrogens is 144 g/mol. The molecule has 2 nitrogen and oxygen atoms in total. The average Bonchev–Trinajstić information content (AvgIpc) is 1.59. The summed E-state index contributed by atoms with van der Waals surface area (Å²) >= 11 is 0. The summed E-state index contributed by atoms with van der Waals surface area (Å²) in [4.78, 5) is 10.7. The van der Waals surface area contributed by atoms with Gasteiger partial charge in [-0.15, -0.1) is 0 Å². The van der Waals surface area contributed by atoms with Crippen molar-refractivity contribution in [2.75, 3.05) is 0 Å². The Labute approximate surface area is 63.0 Å². The fourth-order valence-electron chi connectivity index (χ4n) is 0.414. The first-order valence-electron chi connectivity index (χ1n) is 3.07. The zero-order valence-electron chi connectivity index (χ0n) is 6.55. The lowest BCUT2D eigenvalue weighted by atomic mass is 10.5. The summed E-state index contributed by atoms with van der Waals surface area (Å²) in [7, 11) is -1.71. The van der Waals surface area contributed by atoms with Crippen molar-refractivity contribution in [3.05, 3.63) is 19.1 Å². The van der Waals surface area contributed by atoms with Crippen molar-refractivity contribution in [1.82, 2.24) is 0 Å². The van der Waals surface area contributed by atoms with E-state index in [-0.39, 0.29) is 5.97 Å². The fourth-order valence-corrected chi connectivity index (χ4v) is 1.09. The van der Waals surface area contributed by atoms with Gasteiger partial charge >= 0.3 is 5.97 Å². The molecule has 0 heterocycles. The predicted molar refractivity (Wildman–Crippen MR) is 42.9 cm³/mol. The van der Waals surface area contributed by atoms with Gasteiger partial charge in [-0.25, -0.2) is 4.79 Å². The maximum atomic E-state index is 10.7. The van der Waals surface area contributed by atoms with E-state index in [2.05, 4.69) is 0 Å². The average molecular weight is 156 g/mol. The van der Waals surface area contributed by atoms with Gasteiger partial charge in [-0.05, 0) is 26.6 Å². The molecule has 2 radical (unpaired) electrons. The number of carbonyl (C=O) groups excluding carboxylic acids is 1. The molecule has 0 fully saturated rings. The topological polar surface area (TPSA) is 26.3 Å². The first-order chi connectivity index (χ1) is 4.45. The first kappa shape index (κ1) is 9.43. The molecule has 0 aromatic heterocycles. The van der Waals surface area contributed by atoms with Crippen molar-refractivity contribution in [3.8, 4) is 0 Å². The highest BCUT2D eigenvalue weighted by molar-refractivity contribution is 6.71. The summed E-state index contributed by atoms with van der Waals surface area (Å²) in [6.07, 6.45) is 2.40. The SMILES string of the molecule is [CH]/C=C/C(=O)O[Si](C)(C)C. The molecular formula is C7H12O2Si. The van der Waals surface area contributed by atoms with E-state index in [1.165, 1.54) is 12.2 Å². The first-order valence-corrected chi connectivity index (χ1v) is 6.48. The molecule has 0 aliphatic heterocycles. The summed E-state index contributed by atoms with van der Waals surface area (Å²) in [5.74, 6) is -0.346. The minimum absolute atomic E-state index is 0.346. The lowest BCUT2D eigenvalue weighted by molar-refractivity contribution is -0.129. The van der Waals surface area contributed by atoms with E-state index < -0.39 is 8.32 Å². The second-order valence-electron chi connectivity index (χ2n) is 2.89. The van der Waals surface area contributed by atoms with Gasteiger partial charge in [-0.3, -0.25) is 0 Å². The number of allylic oxidation sites excluding steroid dienone is 1. The standard InChI is InChI=1S/C7H12O2Si/c1-5-6-7(8)9-10(2,3)4/h1,5-6H,2-4H3/b6-5+. The summed E-state index contributed by atoms with van der Waals surface area (Å²) < 4.78 is 5.01. The van der Waals surface area contributed by atoms with E-state index in [1.54, 1.807) is 0 Å². The van der Waals surface area contributed by atoms with Gasteiger partial charge in [-0.2, -0.15) is 0 Å². The molecule has 0 unspecified atom stereocenters. The third kappa shape index (κ3) is 5.56. The maximum Gasteiger partial charge on any atom is 0.317 e.